The normalized spacial score (nSPS) is 17.3. The molecule has 6 rings (SSSR count). The average Bonchev–Trinajstić information content (AvgIpc) is 3.60. The van der Waals surface area contributed by atoms with Gasteiger partial charge in [-0.25, -0.2) is 0 Å². The van der Waals surface area contributed by atoms with Gasteiger partial charge in [0.25, 0.3) is 11.8 Å². The number of anilines is 2. The van der Waals surface area contributed by atoms with Crippen LogP contribution in [-0.2, 0) is 9.59 Å². The number of rotatable bonds is 4. The van der Waals surface area contributed by atoms with Crippen LogP contribution >= 0.6 is 45.3 Å². The zero-order valence-corrected chi connectivity index (χ0v) is 24.2. The van der Waals surface area contributed by atoms with Gasteiger partial charge in [0.1, 0.15) is 0 Å². The van der Waals surface area contributed by atoms with Gasteiger partial charge in [0.15, 0.2) is 0 Å². The third kappa shape index (κ3) is 3.49. The molecule has 184 valence electrons. The number of amides is 2. The minimum Gasteiger partial charge on any atom is -0.304 e. The van der Waals surface area contributed by atoms with E-state index in [1.807, 2.05) is 37.5 Å². The van der Waals surface area contributed by atoms with Crippen LogP contribution in [-0.4, -0.2) is 23.9 Å². The van der Waals surface area contributed by atoms with Crippen molar-refractivity contribution in [2.75, 3.05) is 9.80 Å². The van der Waals surface area contributed by atoms with Gasteiger partial charge < -0.3 is 9.80 Å². The molecule has 0 bridgehead atoms. The average molecular weight is 551 g/mol. The molecule has 8 heteroatoms. The Kier molecular flexibility index (Phi) is 5.64. The minimum absolute atomic E-state index is 0.00737. The first-order valence-electron chi connectivity index (χ1n) is 12.0. The zero-order valence-electron chi connectivity index (χ0n) is 21.0. The fourth-order valence-corrected chi connectivity index (χ4v) is 9.26. The molecule has 2 aliphatic rings. The topological polar surface area (TPSA) is 40.6 Å². The molecule has 0 aromatic carbocycles. The van der Waals surface area contributed by atoms with Crippen molar-refractivity contribution in [3.05, 3.63) is 55.9 Å². The molecule has 0 saturated heterocycles. The molecule has 4 aromatic rings. The highest BCUT2D eigenvalue weighted by Gasteiger charge is 2.45. The Morgan fingerprint density at radius 2 is 0.972 bits per heavy atom. The van der Waals surface area contributed by atoms with Crippen LogP contribution in [0, 0.1) is 13.8 Å². The predicted molar refractivity (Wildman–Crippen MR) is 157 cm³/mol. The molecule has 0 aliphatic carbocycles. The quantitative estimate of drug-likeness (QED) is 0.240. The maximum absolute atomic E-state index is 13.9. The summed E-state index contributed by atoms with van der Waals surface area (Å²) in [6.07, 6.45) is 0. The third-order valence-corrected chi connectivity index (χ3v) is 11.2. The van der Waals surface area contributed by atoms with E-state index in [1.54, 1.807) is 45.3 Å². The molecular formula is C28H26N2O2S4. The second kappa shape index (κ2) is 8.52. The largest absolute Gasteiger partial charge is 0.304 e. The molecule has 0 spiro atoms. The van der Waals surface area contributed by atoms with Crippen LogP contribution in [0.3, 0.4) is 0 Å². The number of hydrogen-bond donors (Lipinski definition) is 0. The summed E-state index contributed by atoms with van der Waals surface area (Å²) in [7, 11) is 0. The summed E-state index contributed by atoms with van der Waals surface area (Å²) >= 11 is 6.77. The van der Waals surface area contributed by atoms with E-state index < -0.39 is 0 Å². The summed E-state index contributed by atoms with van der Waals surface area (Å²) in [5.74, 6) is -0.135. The van der Waals surface area contributed by atoms with E-state index in [1.165, 1.54) is 19.5 Å². The van der Waals surface area contributed by atoms with Gasteiger partial charge in [0.05, 0.1) is 32.3 Å². The van der Waals surface area contributed by atoms with Gasteiger partial charge in [0, 0.05) is 41.3 Å². The van der Waals surface area contributed by atoms with Crippen molar-refractivity contribution in [1.29, 1.82) is 0 Å². The smallest absolute Gasteiger partial charge is 0.260 e. The lowest BCUT2D eigenvalue weighted by Gasteiger charge is -2.22. The van der Waals surface area contributed by atoms with E-state index in [9.17, 15) is 9.59 Å². The summed E-state index contributed by atoms with van der Waals surface area (Å²) in [5.41, 5.74) is 2.97. The minimum atomic E-state index is -0.0676. The predicted octanol–water partition coefficient (Wildman–Crippen LogP) is 8.30. The van der Waals surface area contributed by atoms with Gasteiger partial charge in [-0.2, -0.15) is 0 Å². The first-order valence-corrected chi connectivity index (χ1v) is 15.3. The third-order valence-electron chi connectivity index (χ3n) is 6.51. The molecule has 4 aromatic heterocycles. The molecule has 0 N–H and O–H groups in total. The van der Waals surface area contributed by atoms with Crippen molar-refractivity contribution in [2.45, 2.75) is 53.6 Å². The SMILES string of the molecule is Cc1ccc(-c2cc3c(s2)/C(=C2\C(=O)N(C(C)C)c4cc(-c5ccc(C)s5)sc42)C(=O)N3C(C)C)s1. The highest BCUT2D eigenvalue weighted by molar-refractivity contribution is 7.24. The van der Waals surface area contributed by atoms with Gasteiger partial charge in [-0.1, -0.05) is 0 Å². The van der Waals surface area contributed by atoms with E-state index in [0.717, 1.165) is 30.9 Å². The van der Waals surface area contributed by atoms with Crippen molar-refractivity contribution >= 4 is 79.7 Å². The number of aryl methyl sites for hydroxylation is 2. The lowest BCUT2D eigenvalue weighted by molar-refractivity contribution is -0.115. The van der Waals surface area contributed by atoms with Crippen molar-refractivity contribution in [3.63, 3.8) is 0 Å². The Labute approximate surface area is 227 Å². The van der Waals surface area contributed by atoms with Gasteiger partial charge >= 0.3 is 0 Å². The summed E-state index contributed by atoms with van der Waals surface area (Å²) in [5, 5.41) is 0. The van der Waals surface area contributed by atoms with Crippen molar-refractivity contribution in [1.82, 2.24) is 0 Å². The van der Waals surface area contributed by atoms with Gasteiger partial charge in [-0.15, -0.1) is 45.3 Å². The number of nitrogens with zero attached hydrogens (tertiary/aromatic N) is 2. The number of thiophene rings is 4. The molecule has 2 amide bonds. The highest BCUT2D eigenvalue weighted by atomic mass is 32.1. The Morgan fingerprint density at radius 3 is 1.28 bits per heavy atom. The number of carbonyl (C=O) groups excluding carboxylic acids is 2. The fraction of sp³-hybridized carbons (Fsp3) is 0.286. The Hall–Kier alpha value is -2.52. The lowest BCUT2D eigenvalue weighted by Crippen LogP contribution is -2.35. The second-order valence-corrected chi connectivity index (χ2v) is 14.4. The van der Waals surface area contributed by atoms with Crippen LogP contribution < -0.4 is 9.80 Å². The second-order valence-electron chi connectivity index (χ2n) is 9.76. The maximum Gasteiger partial charge on any atom is 0.260 e. The van der Waals surface area contributed by atoms with Gasteiger partial charge in [0.2, 0.25) is 0 Å². The standard InChI is InChI=1S/C28H26N2O2S4/c1-13(2)29-17-11-21(19-9-7-15(5)33-19)35-25(17)23(27(29)31)24-26-18(30(14(3)4)28(24)32)12-22(36-26)20-10-8-16(6)34-20/h7-14H,1-6H3/b24-23+. The molecular weight excluding hydrogens is 525 g/mol. The van der Waals surface area contributed by atoms with Crippen LogP contribution in [0.2, 0.25) is 0 Å². The summed E-state index contributed by atoms with van der Waals surface area (Å²) in [6, 6.07) is 12.8. The van der Waals surface area contributed by atoms with E-state index in [-0.39, 0.29) is 23.9 Å². The van der Waals surface area contributed by atoms with E-state index in [2.05, 4.69) is 50.2 Å². The Balaban J connectivity index is 1.59. The first-order chi connectivity index (χ1) is 17.2. The van der Waals surface area contributed by atoms with Crippen LogP contribution in [0.4, 0.5) is 11.4 Å². The monoisotopic (exact) mass is 550 g/mol. The number of hydrogen-bond acceptors (Lipinski definition) is 6. The molecule has 0 atom stereocenters. The number of fused-ring (bicyclic) bond motifs is 2. The molecule has 6 heterocycles. The zero-order chi connectivity index (χ0) is 25.5. The summed E-state index contributed by atoms with van der Waals surface area (Å²) in [6.45, 7) is 12.4. The van der Waals surface area contributed by atoms with Crippen LogP contribution in [0.25, 0.3) is 30.7 Å². The first kappa shape index (κ1) is 23.9. The summed E-state index contributed by atoms with van der Waals surface area (Å²) < 4.78 is 0. The van der Waals surface area contributed by atoms with Crippen LogP contribution in [0.5, 0.6) is 0 Å². The van der Waals surface area contributed by atoms with Gasteiger partial charge in [-0.3, -0.25) is 9.59 Å². The lowest BCUT2D eigenvalue weighted by atomic mass is 10.1. The van der Waals surface area contributed by atoms with Crippen molar-refractivity contribution < 1.29 is 9.59 Å². The molecule has 0 unspecified atom stereocenters. The maximum atomic E-state index is 13.9. The molecule has 0 radical (unpaired) electrons. The molecule has 36 heavy (non-hydrogen) atoms. The van der Waals surface area contributed by atoms with Gasteiger partial charge in [-0.05, 0) is 77.9 Å². The van der Waals surface area contributed by atoms with E-state index in [0.29, 0.717) is 11.1 Å². The molecule has 0 saturated carbocycles. The number of carbonyl (C=O) groups is 2. The fourth-order valence-electron chi connectivity index (χ4n) is 4.98. The van der Waals surface area contributed by atoms with E-state index in [4.69, 9.17) is 0 Å². The van der Waals surface area contributed by atoms with Crippen LogP contribution in [0.1, 0.15) is 47.2 Å². The molecule has 2 aliphatic heterocycles. The molecule has 4 nitrogen and oxygen atoms in total. The van der Waals surface area contributed by atoms with Crippen molar-refractivity contribution in [2.24, 2.45) is 0 Å². The van der Waals surface area contributed by atoms with E-state index >= 15 is 0 Å². The summed E-state index contributed by atoms with van der Waals surface area (Å²) in [4.78, 5) is 40.6. The van der Waals surface area contributed by atoms with Crippen molar-refractivity contribution in [3.8, 4) is 19.5 Å². The highest BCUT2D eigenvalue weighted by Crippen LogP contribution is 2.55. The Morgan fingerprint density at radius 1 is 0.583 bits per heavy atom. The van der Waals surface area contributed by atoms with Crippen LogP contribution in [0.15, 0.2) is 36.4 Å². The Bertz CT molecular complexity index is 1460. The molecule has 0 fully saturated rings.